The average molecular weight is 704 g/mol. The van der Waals surface area contributed by atoms with E-state index in [1.54, 1.807) is 34.1 Å². The number of fused-ring (bicyclic) bond motifs is 1. The molecule has 51 heavy (non-hydrogen) atoms. The molecule has 3 fully saturated rings. The third kappa shape index (κ3) is 8.93. The van der Waals surface area contributed by atoms with Gasteiger partial charge < -0.3 is 19.4 Å². The number of hydrogen-bond donors (Lipinski definition) is 1. The lowest BCUT2D eigenvalue weighted by Gasteiger charge is -2.42. The van der Waals surface area contributed by atoms with Gasteiger partial charge in [-0.15, -0.1) is 0 Å². The van der Waals surface area contributed by atoms with Crippen LogP contribution < -0.4 is 5.56 Å². The lowest BCUT2D eigenvalue weighted by atomic mass is 9.95. The summed E-state index contributed by atoms with van der Waals surface area (Å²) in [6.07, 6.45) is 2.13. The predicted octanol–water partition coefficient (Wildman–Crippen LogP) is 3.59. The van der Waals surface area contributed by atoms with E-state index in [9.17, 15) is 23.6 Å². The highest BCUT2D eigenvalue weighted by molar-refractivity contribution is 5.95. The fourth-order valence-electron chi connectivity index (χ4n) is 7.45. The molecule has 4 heterocycles. The van der Waals surface area contributed by atoms with E-state index in [1.807, 2.05) is 37.8 Å². The minimum Gasteiger partial charge on any atom is -0.444 e. The summed E-state index contributed by atoms with van der Waals surface area (Å²) in [6.45, 7) is 14.6. The van der Waals surface area contributed by atoms with Crippen LogP contribution in [0, 0.1) is 11.7 Å². The molecule has 13 heteroatoms. The summed E-state index contributed by atoms with van der Waals surface area (Å²) >= 11 is 0. The van der Waals surface area contributed by atoms with Gasteiger partial charge in [-0.1, -0.05) is 24.3 Å². The van der Waals surface area contributed by atoms with Crippen molar-refractivity contribution in [3.05, 3.63) is 75.5 Å². The van der Waals surface area contributed by atoms with E-state index in [1.165, 1.54) is 6.07 Å². The molecule has 0 aliphatic carbocycles. The first kappa shape index (κ1) is 36.4. The van der Waals surface area contributed by atoms with Gasteiger partial charge in [-0.25, -0.2) is 14.3 Å². The number of amides is 3. The molecule has 1 aromatic heterocycles. The van der Waals surface area contributed by atoms with Crippen molar-refractivity contribution in [3.63, 3.8) is 0 Å². The number of rotatable bonds is 7. The van der Waals surface area contributed by atoms with Crippen LogP contribution >= 0.6 is 0 Å². The molecular weight excluding hydrogens is 653 g/mol. The third-order valence-corrected chi connectivity index (χ3v) is 10.2. The second kappa shape index (κ2) is 15.5. The van der Waals surface area contributed by atoms with Crippen LogP contribution in [0.5, 0.6) is 0 Å². The molecule has 0 spiro atoms. The number of carbonyl (C=O) groups is 3. The number of hydrogen-bond acceptors (Lipinski definition) is 8. The number of aromatic amines is 1. The third-order valence-electron chi connectivity index (χ3n) is 10.2. The number of benzene rings is 2. The number of piperidine rings is 1. The Bertz CT molecular complexity index is 1790. The Balaban J connectivity index is 0.941. The van der Waals surface area contributed by atoms with Gasteiger partial charge in [0.15, 0.2) is 0 Å². The Morgan fingerprint density at radius 2 is 1.59 bits per heavy atom. The van der Waals surface area contributed by atoms with Gasteiger partial charge in [-0.2, -0.15) is 5.10 Å². The lowest BCUT2D eigenvalue weighted by Crippen LogP contribution is -2.56. The van der Waals surface area contributed by atoms with Crippen molar-refractivity contribution in [1.82, 2.24) is 34.7 Å². The van der Waals surface area contributed by atoms with Gasteiger partial charge in [0.1, 0.15) is 11.4 Å². The number of halogens is 1. The summed E-state index contributed by atoms with van der Waals surface area (Å²) in [5.74, 6) is -0.384. The van der Waals surface area contributed by atoms with Gasteiger partial charge >= 0.3 is 6.09 Å². The summed E-state index contributed by atoms with van der Waals surface area (Å²) in [5.41, 5.74) is 0.549. The maximum absolute atomic E-state index is 15.0. The quantitative estimate of drug-likeness (QED) is 0.397. The Morgan fingerprint density at radius 3 is 2.27 bits per heavy atom. The van der Waals surface area contributed by atoms with Crippen molar-refractivity contribution < 1.29 is 23.5 Å². The first-order valence-electron chi connectivity index (χ1n) is 18.1. The molecule has 2 aromatic carbocycles. The van der Waals surface area contributed by atoms with E-state index in [-0.39, 0.29) is 29.2 Å². The summed E-state index contributed by atoms with van der Waals surface area (Å²) in [6, 6.07) is 11.8. The molecule has 6 rings (SSSR count). The van der Waals surface area contributed by atoms with E-state index >= 15 is 0 Å². The fourth-order valence-corrected chi connectivity index (χ4v) is 7.45. The van der Waals surface area contributed by atoms with Crippen LogP contribution in [0.4, 0.5) is 9.18 Å². The molecule has 3 aliphatic heterocycles. The molecule has 3 aliphatic rings. The molecular formula is C38H50FN7O5. The Hall–Kier alpha value is -4.36. The maximum atomic E-state index is 15.0. The standard InChI is InChI=1S/C38H50FN7O5/c1-26-23-43(15-20-46(26)37(50)51-38(2,3)4)24-27-11-13-42(14-12-27)25-34(47)44-16-18-45(19-17-44)36(49)31-21-28(9-10-32(31)39)22-33-29-7-5-6-8-30(29)35(48)41-40-33/h5-10,21,26-27H,11-20,22-25H2,1-4H3,(H,41,48)/t26-/m1/s1. The Morgan fingerprint density at radius 1 is 0.902 bits per heavy atom. The van der Waals surface area contributed by atoms with Crippen LogP contribution in [0.3, 0.4) is 0 Å². The highest BCUT2D eigenvalue weighted by atomic mass is 19.1. The molecule has 1 atom stereocenters. The van der Waals surface area contributed by atoms with Gasteiger partial charge in [0.05, 0.1) is 23.2 Å². The normalized spacial score (nSPS) is 19.8. The predicted molar refractivity (Wildman–Crippen MR) is 192 cm³/mol. The van der Waals surface area contributed by atoms with E-state index in [2.05, 4.69) is 26.9 Å². The van der Waals surface area contributed by atoms with Crippen molar-refractivity contribution in [1.29, 1.82) is 0 Å². The molecule has 3 amide bonds. The number of piperazine rings is 2. The fraction of sp³-hybridized carbons (Fsp3) is 0.553. The zero-order chi connectivity index (χ0) is 36.3. The number of ether oxygens (including phenoxy) is 1. The van der Waals surface area contributed by atoms with Crippen molar-refractivity contribution in [2.24, 2.45) is 5.92 Å². The van der Waals surface area contributed by atoms with Crippen molar-refractivity contribution >= 4 is 28.7 Å². The van der Waals surface area contributed by atoms with Gasteiger partial charge in [-0.3, -0.25) is 24.2 Å². The van der Waals surface area contributed by atoms with Crippen molar-refractivity contribution in [2.75, 3.05) is 72.0 Å². The van der Waals surface area contributed by atoms with Crippen LogP contribution in [0.2, 0.25) is 0 Å². The Kier molecular flexibility index (Phi) is 11.1. The molecule has 0 radical (unpaired) electrons. The van der Waals surface area contributed by atoms with Crippen LogP contribution in [0.15, 0.2) is 47.3 Å². The maximum Gasteiger partial charge on any atom is 0.410 e. The highest BCUT2D eigenvalue weighted by Gasteiger charge is 2.33. The average Bonchev–Trinajstić information content (AvgIpc) is 3.10. The number of aromatic nitrogens is 2. The second-order valence-electron chi connectivity index (χ2n) is 15.2. The van der Waals surface area contributed by atoms with Crippen LogP contribution in [0.25, 0.3) is 10.8 Å². The topological polar surface area (TPSA) is 122 Å². The Labute approximate surface area is 298 Å². The number of likely N-dealkylation sites (tertiary alicyclic amines) is 1. The van der Waals surface area contributed by atoms with E-state index < -0.39 is 17.3 Å². The first-order valence-corrected chi connectivity index (χ1v) is 18.1. The van der Waals surface area contributed by atoms with Gasteiger partial charge in [0, 0.05) is 70.2 Å². The molecule has 3 saturated heterocycles. The zero-order valence-corrected chi connectivity index (χ0v) is 30.2. The van der Waals surface area contributed by atoms with Gasteiger partial charge in [0.2, 0.25) is 5.91 Å². The number of carbonyl (C=O) groups excluding carboxylic acids is 3. The van der Waals surface area contributed by atoms with Gasteiger partial charge in [0.25, 0.3) is 11.5 Å². The molecule has 0 unspecified atom stereocenters. The van der Waals surface area contributed by atoms with E-state index in [0.29, 0.717) is 73.6 Å². The molecule has 0 saturated carbocycles. The molecule has 274 valence electrons. The van der Waals surface area contributed by atoms with Crippen molar-refractivity contribution in [2.45, 2.75) is 58.6 Å². The molecule has 3 aromatic rings. The van der Waals surface area contributed by atoms with Crippen molar-refractivity contribution in [3.8, 4) is 0 Å². The second-order valence-corrected chi connectivity index (χ2v) is 15.2. The number of nitrogens with zero attached hydrogens (tertiary/aromatic N) is 6. The monoisotopic (exact) mass is 703 g/mol. The van der Waals surface area contributed by atoms with Crippen LogP contribution in [-0.2, 0) is 16.0 Å². The molecule has 1 N–H and O–H groups in total. The van der Waals surface area contributed by atoms with E-state index in [4.69, 9.17) is 4.74 Å². The highest BCUT2D eigenvalue weighted by Crippen LogP contribution is 2.23. The molecule has 12 nitrogen and oxygen atoms in total. The van der Waals surface area contributed by atoms with Gasteiger partial charge in [-0.05, 0) is 83.3 Å². The lowest BCUT2D eigenvalue weighted by molar-refractivity contribution is -0.134. The summed E-state index contributed by atoms with van der Waals surface area (Å²) < 4.78 is 20.5. The zero-order valence-electron chi connectivity index (χ0n) is 30.2. The number of nitrogens with one attached hydrogen (secondary N) is 1. The smallest absolute Gasteiger partial charge is 0.410 e. The van der Waals surface area contributed by atoms with Crippen LogP contribution in [-0.4, -0.2) is 136 Å². The minimum absolute atomic E-state index is 0.0109. The van der Waals surface area contributed by atoms with E-state index in [0.717, 1.165) is 45.6 Å². The van der Waals surface area contributed by atoms with Crippen LogP contribution in [0.1, 0.15) is 62.2 Å². The first-order chi connectivity index (χ1) is 24.3. The minimum atomic E-state index is -0.595. The summed E-state index contributed by atoms with van der Waals surface area (Å²) in [7, 11) is 0. The SMILES string of the molecule is C[C@@H]1CN(CC2CCN(CC(=O)N3CCN(C(=O)c4cc(Cc5n[nH]c(=O)c6ccccc56)ccc4F)CC3)CC2)CCN1C(=O)OC(C)(C)C. The molecule has 0 bridgehead atoms. The number of H-pyrrole nitrogens is 1. The largest absolute Gasteiger partial charge is 0.444 e. The summed E-state index contributed by atoms with van der Waals surface area (Å²) in [4.78, 5) is 61.4. The summed E-state index contributed by atoms with van der Waals surface area (Å²) in [5, 5.41) is 7.98.